The molecular formula is C34H46N6O5. The van der Waals surface area contributed by atoms with Gasteiger partial charge in [-0.25, -0.2) is 9.48 Å². The van der Waals surface area contributed by atoms with E-state index >= 15 is 0 Å². The first-order valence-corrected chi connectivity index (χ1v) is 16.2. The van der Waals surface area contributed by atoms with E-state index in [2.05, 4.69) is 33.3 Å². The van der Waals surface area contributed by atoms with Crippen LogP contribution in [0.1, 0.15) is 78.4 Å². The summed E-state index contributed by atoms with van der Waals surface area (Å²) in [6, 6.07) is 10.7. The fourth-order valence-electron chi connectivity index (χ4n) is 6.86. The first-order chi connectivity index (χ1) is 21.7. The summed E-state index contributed by atoms with van der Waals surface area (Å²) in [6.45, 7) is 6.66. The number of hydrogen-bond acceptors (Lipinski definition) is 9. The Morgan fingerprint density at radius 3 is 2.49 bits per heavy atom. The molecule has 6 rings (SSSR count). The fraction of sp³-hybridized carbons (Fsp3) is 0.588. The van der Waals surface area contributed by atoms with Crippen LogP contribution in [0.15, 0.2) is 42.7 Å². The molecule has 3 aromatic rings. The van der Waals surface area contributed by atoms with E-state index in [0.717, 1.165) is 80.5 Å². The van der Waals surface area contributed by atoms with E-state index in [-0.39, 0.29) is 37.2 Å². The van der Waals surface area contributed by atoms with Gasteiger partial charge in [0, 0.05) is 56.2 Å². The fourth-order valence-corrected chi connectivity index (χ4v) is 6.86. The van der Waals surface area contributed by atoms with E-state index < -0.39 is 5.60 Å². The van der Waals surface area contributed by atoms with E-state index in [1.165, 1.54) is 0 Å². The molecule has 0 saturated carbocycles. The highest BCUT2D eigenvalue weighted by Crippen LogP contribution is 2.38. The summed E-state index contributed by atoms with van der Waals surface area (Å²) in [6.07, 6.45) is 11.8. The Balaban J connectivity index is 1.17. The van der Waals surface area contributed by atoms with Gasteiger partial charge in [-0.05, 0) is 102 Å². The summed E-state index contributed by atoms with van der Waals surface area (Å²) in [5.41, 5.74) is 3.02. The van der Waals surface area contributed by atoms with Crippen molar-refractivity contribution in [1.29, 1.82) is 0 Å². The highest BCUT2D eigenvalue weighted by atomic mass is 16.7. The Morgan fingerprint density at radius 1 is 1.02 bits per heavy atom. The molecule has 0 spiro atoms. The summed E-state index contributed by atoms with van der Waals surface area (Å²) >= 11 is 0. The van der Waals surface area contributed by atoms with Gasteiger partial charge in [-0.2, -0.15) is 5.10 Å². The lowest BCUT2D eigenvalue weighted by atomic mass is 9.81. The van der Waals surface area contributed by atoms with Crippen molar-refractivity contribution >= 4 is 11.9 Å². The SMILES string of the molecule is COCOc1cc(-c2cnn(C3CCCCO3)c2)ccc1-c1ccc(N(C)C2CC3CCC[C@@H](C2)N3C(=O)OC(C)(C)C)nn1. The third kappa shape index (κ3) is 7.09. The van der Waals surface area contributed by atoms with Crippen molar-refractivity contribution in [3.63, 3.8) is 0 Å². The molecule has 242 valence electrons. The monoisotopic (exact) mass is 618 g/mol. The molecule has 1 amide bonds. The molecule has 3 unspecified atom stereocenters. The van der Waals surface area contributed by atoms with Gasteiger partial charge in [-0.1, -0.05) is 6.07 Å². The minimum Gasteiger partial charge on any atom is -0.467 e. The number of anilines is 1. The zero-order chi connectivity index (χ0) is 31.6. The van der Waals surface area contributed by atoms with Gasteiger partial charge in [0.25, 0.3) is 0 Å². The van der Waals surface area contributed by atoms with Crippen molar-refractivity contribution in [1.82, 2.24) is 24.9 Å². The number of fused-ring (bicyclic) bond motifs is 2. The minimum absolute atomic E-state index is 0.0139. The minimum atomic E-state index is -0.502. The van der Waals surface area contributed by atoms with Crippen molar-refractivity contribution in [2.24, 2.45) is 0 Å². The molecule has 3 saturated heterocycles. The van der Waals surface area contributed by atoms with Crippen LogP contribution in [0.5, 0.6) is 5.75 Å². The van der Waals surface area contributed by atoms with E-state index in [0.29, 0.717) is 11.4 Å². The number of rotatable bonds is 8. The van der Waals surface area contributed by atoms with Gasteiger partial charge in [0.15, 0.2) is 12.6 Å². The Labute approximate surface area is 265 Å². The number of benzene rings is 1. The number of carbonyl (C=O) groups is 1. The average molecular weight is 619 g/mol. The van der Waals surface area contributed by atoms with Gasteiger partial charge in [0.1, 0.15) is 17.6 Å². The zero-order valence-corrected chi connectivity index (χ0v) is 27.1. The largest absolute Gasteiger partial charge is 0.467 e. The normalized spacial score (nSPS) is 23.4. The second-order valence-corrected chi connectivity index (χ2v) is 13.4. The summed E-state index contributed by atoms with van der Waals surface area (Å²) in [5, 5.41) is 13.8. The number of amides is 1. The number of hydrogen-bond donors (Lipinski definition) is 0. The van der Waals surface area contributed by atoms with Crippen molar-refractivity contribution in [2.75, 3.05) is 32.5 Å². The van der Waals surface area contributed by atoms with Crippen molar-refractivity contribution < 1.29 is 23.7 Å². The molecule has 3 aliphatic rings. The standard InChI is InChI=1S/C34H46N6O5/c1-34(2,3)45-33(41)40-25-9-8-10-26(40)19-27(18-25)38(4)31-15-14-29(36-37-31)28-13-12-23(17-30(28)44-22-42-5)24-20-35-39(21-24)32-11-6-7-16-43-32/h12-15,17,20-21,25-27,32H,6-11,16,18-19,22H2,1-5H3/t25-,26?,27?,32?/m0/s1. The summed E-state index contributed by atoms with van der Waals surface area (Å²) in [4.78, 5) is 17.3. The van der Waals surface area contributed by atoms with Crippen LogP contribution in [0.4, 0.5) is 10.6 Å². The smallest absolute Gasteiger partial charge is 0.410 e. The third-order valence-electron chi connectivity index (χ3n) is 9.09. The molecule has 5 heterocycles. The van der Waals surface area contributed by atoms with Crippen molar-refractivity contribution in [3.05, 3.63) is 42.7 Å². The second-order valence-electron chi connectivity index (χ2n) is 13.4. The first-order valence-electron chi connectivity index (χ1n) is 16.2. The number of ether oxygens (including phenoxy) is 4. The van der Waals surface area contributed by atoms with Gasteiger partial charge in [0.2, 0.25) is 0 Å². The summed E-state index contributed by atoms with van der Waals surface area (Å²) in [7, 11) is 3.68. The highest BCUT2D eigenvalue weighted by molar-refractivity contribution is 5.74. The topological polar surface area (TPSA) is 104 Å². The molecule has 11 nitrogen and oxygen atoms in total. The molecule has 3 aliphatic heterocycles. The average Bonchev–Trinajstić information content (AvgIpc) is 3.53. The van der Waals surface area contributed by atoms with E-state index in [1.807, 2.05) is 67.0 Å². The van der Waals surface area contributed by atoms with Crippen LogP contribution in [0.3, 0.4) is 0 Å². The summed E-state index contributed by atoms with van der Waals surface area (Å²) in [5.74, 6) is 1.47. The molecule has 0 N–H and O–H groups in total. The van der Waals surface area contributed by atoms with Crippen LogP contribution in [0.25, 0.3) is 22.4 Å². The van der Waals surface area contributed by atoms with Gasteiger partial charge in [0.05, 0.1) is 11.9 Å². The maximum atomic E-state index is 13.0. The molecule has 11 heteroatoms. The number of piperidine rings is 2. The molecule has 3 fully saturated rings. The number of carbonyl (C=O) groups excluding carboxylic acids is 1. The van der Waals surface area contributed by atoms with Crippen LogP contribution in [0, 0.1) is 0 Å². The first kappa shape index (κ1) is 31.3. The second kappa shape index (κ2) is 13.3. The number of aromatic nitrogens is 4. The third-order valence-corrected chi connectivity index (χ3v) is 9.09. The van der Waals surface area contributed by atoms with Gasteiger partial charge >= 0.3 is 6.09 Å². The van der Waals surface area contributed by atoms with Crippen LogP contribution in [0.2, 0.25) is 0 Å². The Kier molecular flexibility index (Phi) is 9.28. The van der Waals surface area contributed by atoms with E-state index in [1.54, 1.807) is 7.11 Å². The lowest BCUT2D eigenvalue weighted by molar-refractivity contribution is -0.0394. The van der Waals surface area contributed by atoms with Crippen LogP contribution in [-0.2, 0) is 14.2 Å². The molecule has 2 aromatic heterocycles. The van der Waals surface area contributed by atoms with Crippen molar-refractivity contribution in [2.45, 2.75) is 102 Å². The van der Waals surface area contributed by atoms with E-state index in [9.17, 15) is 4.79 Å². The molecule has 0 radical (unpaired) electrons. The van der Waals surface area contributed by atoms with E-state index in [4.69, 9.17) is 18.9 Å². The van der Waals surface area contributed by atoms with Crippen LogP contribution in [-0.4, -0.2) is 82.3 Å². The molecule has 0 aliphatic carbocycles. The molecule has 1 aromatic carbocycles. The van der Waals surface area contributed by atoms with Crippen molar-refractivity contribution in [3.8, 4) is 28.1 Å². The predicted octanol–water partition coefficient (Wildman–Crippen LogP) is 6.45. The highest BCUT2D eigenvalue weighted by Gasteiger charge is 2.43. The summed E-state index contributed by atoms with van der Waals surface area (Å²) < 4.78 is 24.8. The maximum absolute atomic E-state index is 13.0. The van der Waals surface area contributed by atoms with Gasteiger partial charge in [-0.3, -0.25) is 0 Å². The Hall–Kier alpha value is -3.70. The van der Waals surface area contributed by atoms with Gasteiger partial charge < -0.3 is 28.7 Å². The lowest BCUT2D eigenvalue weighted by Gasteiger charge is -2.50. The number of methoxy groups -OCH3 is 1. The Bertz CT molecular complexity index is 1430. The van der Waals surface area contributed by atoms with Crippen LogP contribution >= 0.6 is 0 Å². The molecule has 45 heavy (non-hydrogen) atoms. The number of nitrogens with zero attached hydrogens (tertiary/aromatic N) is 6. The van der Waals surface area contributed by atoms with Crippen LogP contribution < -0.4 is 9.64 Å². The lowest BCUT2D eigenvalue weighted by Crippen LogP contribution is -2.59. The quantitative estimate of drug-likeness (QED) is 0.264. The molecule has 2 bridgehead atoms. The zero-order valence-electron chi connectivity index (χ0n) is 27.1. The van der Waals surface area contributed by atoms with Gasteiger partial charge in [-0.15, -0.1) is 10.2 Å². The molecular weight excluding hydrogens is 572 g/mol. The molecule has 4 atom stereocenters. The maximum Gasteiger partial charge on any atom is 0.410 e. The Morgan fingerprint density at radius 2 is 1.82 bits per heavy atom. The predicted molar refractivity (Wildman–Crippen MR) is 171 cm³/mol.